The van der Waals surface area contributed by atoms with Crippen molar-refractivity contribution in [1.82, 2.24) is 4.31 Å². The number of Topliss-reactive ketones (excluding diaryl/α,β-unsaturated/α-hetero) is 1. The number of carbonyl (C=O) groups is 3. The molecular formula is C23H24N2O8S. The molecule has 1 amide bonds. The Morgan fingerprint density at radius 2 is 1.79 bits per heavy atom. The largest absolute Gasteiger partial charge is 0.454 e. The van der Waals surface area contributed by atoms with Gasteiger partial charge in [0.1, 0.15) is 6.04 Å². The van der Waals surface area contributed by atoms with Gasteiger partial charge in [-0.15, -0.1) is 0 Å². The van der Waals surface area contributed by atoms with Crippen molar-refractivity contribution >= 4 is 33.4 Å². The third kappa shape index (κ3) is 4.75. The lowest BCUT2D eigenvalue weighted by atomic mass is 10.1. The van der Waals surface area contributed by atoms with Crippen LogP contribution in [0.3, 0.4) is 0 Å². The molecule has 0 saturated carbocycles. The predicted octanol–water partition coefficient (Wildman–Crippen LogP) is 2.26. The number of rotatable bonds is 7. The number of anilines is 1. The maximum absolute atomic E-state index is 13.0. The summed E-state index contributed by atoms with van der Waals surface area (Å²) in [6.45, 7) is 2.74. The number of hydrogen-bond donors (Lipinski definition) is 1. The summed E-state index contributed by atoms with van der Waals surface area (Å²) in [5.74, 6) is -1.01. The zero-order chi connectivity index (χ0) is 24.5. The van der Waals surface area contributed by atoms with Crippen molar-refractivity contribution in [1.29, 1.82) is 0 Å². The SMILES string of the molecule is CC(=O)c1cc2c(cc1NC(=O)COC(=O)C1CCCN1S(=O)(=O)c1ccc(C)cc1)OCO2. The van der Waals surface area contributed by atoms with Gasteiger partial charge in [0.2, 0.25) is 16.8 Å². The highest BCUT2D eigenvalue weighted by molar-refractivity contribution is 7.89. The number of ketones is 1. The molecule has 0 bridgehead atoms. The molecule has 2 aromatic carbocycles. The van der Waals surface area contributed by atoms with Gasteiger partial charge in [-0.1, -0.05) is 17.7 Å². The van der Waals surface area contributed by atoms with E-state index in [1.807, 2.05) is 6.92 Å². The number of nitrogens with zero attached hydrogens (tertiary/aromatic N) is 1. The number of sulfonamides is 1. The molecule has 0 radical (unpaired) electrons. The molecule has 0 aromatic heterocycles. The molecule has 1 saturated heterocycles. The van der Waals surface area contributed by atoms with Crippen molar-refractivity contribution in [2.45, 2.75) is 37.6 Å². The van der Waals surface area contributed by atoms with Gasteiger partial charge in [0.25, 0.3) is 5.91 Å². The van der Waals surface area contributed by atoms with Crippen molar-refractivity contribution in [3.63, 3.8) is 0 Å². The molecule has 4 rings (SSSR count). The lowest BCUT2D eigenvalue weighted by molar-refractivity contribution is -0.150. The third-order valence-corrected chi connectivity index (χ3v) is 7.54. The lowest BCUT2D eigenvalue weighted by Gasteiger charge is -2.22. The van der Waals surface area contributed by atoms with Gasteiger partial charge < -0.3 is 19.5 Å². The summed E-state index contributed by atoms with van der Waals surface area (Å²) in [4.78, 5) is 37.2. The first-order valence-electron chi connectivity index (χ1n) is 10.7. The van der Waals surface area contributed by atoms with Crippen molar-refractivity contribution in [2.75, 3.05) is 25.3 Å². The highest BCUT2D eigenvalue weighted by Gasteiger charge is 2.40. The van der Waals surface area contributed by atoms with Crippen molar-refractivity contribution < 1.29 is 37.0 Å². The summed E-state index contributed by atoms with van der Waals surface area (Å²) < 4.78 is 42.8. The average molecular weight is 489 g/mol. The topological polar surface area (TPSA) is 128 Å². The molecule has 2 aromatic rings. The summed E-state index contributed by atoms with van der Waals surface area (Å²) in [5, 5.41) is 2.54. The van der Waals surface area contributed by atoms with Crippen LogP contribution < -0.4 is 14.8 Å². The van der Waals surface area contributed by atoms with Crippen LogP contribution >= 0.6 is 0 Å². The second-order valence-electron chi connectivity index (χ2n) is 8.05. The Morgan fingerprint density at radius 1 is 1.12 bits per heavy atom. The summed E-state index contributed by atoms with van der Waals surface area (Å²) >= 11 is 0. The molecule has 34 heavy (non-hydrogen) atoms. The van der Waals surface area contributed by atoms with Crippen LogP contribution in [0.2, 0.25) is 0 Å². The molecule has 2 aliphatic rings. The number of hydrogen-bond acceptors (Lipinski definition) is 8. The Kier molecular flexibility index (Phi) is 6.58. The third-order valence-electron chi connectivity index (χ3n) is 5.61. The summed E-state index contributed by atoms with van der Waals surface area (Å²) in [5.41, 5.74) is 1.33. The molecule has 11 heteroatoms. The molecule has 0 aliphatic carbocycles. The van der Waals surface area contributed by atoms with E-state index in [4.69, 9.17) is 14.2 Å². The number of fused-ring (bicyclic) bond motifs is 1. The van der Waals surface area contributed by atoms with Gasteiger partial charge in [0, 0.05) is 18.2 Å². The van der Waals surface area contributed by atoms with Crippen LogP contribution in [0.1, 0.15) is 35.7 Å². The molecule has 10 nitrogen and oxygen atoms in total. The second-order valence-corrected chi connectivity index (χ2v) is 9.94. The molecular weight excluding hydrogens is 464 g/mol. The monoisotopic (exact) mass is 488 g/mol. The van der Waals surface area contributed by atoms with E-state index < -0.39 is 34.5 Å². The lowest BCUT2D eigenvalue weighted by Crippen LogP contribution is -2.42. The van der Waals surface area contributed by atoms with Gasteiger partial charge >= 0.3 is 5.97 Å². The van der Waals surface area contributed by atoms with E-state index >= 15 is 0 Å². The fourth-order valence-electron chi connectivity index (χ4n) is 3.86. The Balaban J connectivity index is 1.41. The van der Waals surface area contributed by atoms with Crippen molar-refractivity contribution in [3.8, 4) is 11.5 Å². The maximum atomic E-state index is 13.0. The number of amides is 1. The van der Waals surface area contributed by atoms with Crippen LogP contribution in [-0.4, -0.2) is 56.4 Å². The number of carbonyl (C=O) groups excluding carboxylic acids is 3. The first-order chi connectivity index (χ1) is 16.2. The molecule has 2 aliphatic heterocycles. The molecule has 1 N–H and O–H groups in total. The second kappa shape index (κ2) is 9.43. The zero-order valence-corrected chi connectivity index (χ0v) is 19.5. The van der Waals surface area contributed by atoms with Gasteiger partial charge in [0.05, 0.1) is 10.6 Å². The summed E-state index contributed by atoms with van der Waals surface area (Å²) in [7, 11) is -3.89. The molecule has 0 spiro atoms. The van der Waals surface area contributed by atoms with Gasteiger partial charge in [0.15, 0.2) is 23.9 Å². The van der Waals surface area contributed by atoms with Crippen LogP contribution in [0.15, 0.2) is 41.3 Å². The predicted molar refractivity (Wildman–Crippen MR) is 120 cm³/mol. The molecule has 180 valence electrons. The Bertz CT molecular complexity index is 1240. The van der Waals surface area contributed by atoms with Gasteiger partial charge in [-0.25, -0.2) is 8.42 Å². The first kappa shape index (κ1) is 23.7. The number of aryl methyl sites for hydroxylation is 1. The summed E-state index contributed by atoms with van der Waals surface area (Å²) in [6.07, 6.45) is 0.790. The van der Waals surface area contributed by atoms with Crippen LogP contribution in [0.5, 0.6) is 11.5 Å². The molecule has 1 atom stereocenters. The minimum absolute atomic E-state index is 0.00504. The van der Waals surface area contributed by atoms with E-state index in [-0.39, 0.29) is 35.3 Å². The van der Waals surface area contributed by atoms with Gasteiger partial charge in [-0.2, -0.15) is 4.31 Å². The maximum Gasteiger partial charge on any atom is 0.324 e. The first-order valence-corrected chi connectivity index (χ1v) is 12.1. The number of ether oxygens (including phenoxy) is 3. The normalized spacial score (nSPS) is 17.4. The van der Waals surface area contributed by atoms with Crippen LogP contribution in [0.4, 0.5) is 5.69 Å². The van der Waals surface area contributed by atoms with Crippen LogP contribution in [0, 0.1) is 6.92 Å². The van der Waals surface area contributed by atoms with Crippen LogP contribution in [0.25, 0.3) is 0 Å². The van der Waals surface area contributed by atoms with Crippen molar-refractivity contribution in [2.24, 2.45) is 0 Å². The minimum Gasteiger partial charge on any atom is -0.454 e. The molecule has 2 heterocycles. The fraction of sp³-hybridized carbons (Fsp3) is 0.348. The number of nitrogens with one attached hydrogen (secondary N) is 1. The van der Waals surface area contributed by atoms with Gasteiger partial charge in [-0.05, 0) is 44.9 Å². The fourth-order valence-corrected chi connectivity index (χ4v) is 5.51. The highest BCUT2D eigenvalue weighted by atomic mass is 32.2. The van der Waals surface area contributed by atoms with E-state index in [0.717, 1.165) is 9.87 Å². The highest BCUT2D eigenvalue weighted by Crippen LogP contribution is 2.37. The minimum atomic E-state index is -3.89. The summed E-state index contributed by atoms with van der Waals surface area (Å²) in [6, 6.07) is 8.29. The number of esters is 1. The Hall–Kier alpha value is -3.44. The van der Waals surface area contributed by atoms with E-state index in [1.165, 1.54) is 31.2 Å². The zero-order valence-electron chi connectivity index (χ0n) is 18.7. The van der Waals surface area contributed by atoms with E-state index in [2.05, 4.69) is 5.32 Å². The molecule has 1 unspecified atom stereocenters. The van der Waals surface area contributed by atoms with E-state index in [1.54, 1.807) is 12.1 Å². The Morgan fingerprint density at radius 3 is 2.47 bits per heavy atom. The standard InChI is InChI=1S/C23H24N2O8S/c1-14-5-7-16(8-6-14)34(29,30)25-9-3-4-19(25)23(28)31-12-22(27)24-18-11-21-20(32-13-33-21)10-17(18)15(2)26/h5-8,10-11,19H,3-4,9,12-13H2,1-2H3,(H,24,27). The van der Waals surface area contributed by atoms with E-state index in [9.17, 15) is 22.8 Å². The number of benzene rings is 2. The van der Waals surface area contributed by atoms with Crippen LogP contribution in [-0.2, 0) is 24.3 Å². The van der Waals surface area contributed by atoms with E-state index in [0.29, 0.717) is 24.3 Å². The van der Waals surface area contributed by atoms with Gasteiger partial charge in [-0.3, -0.25) is 14.4 Å². The smallest absolute Gasteiger partial charge is 0.324 e. The molecule has 1 fully saturated rings. The quantitative estimate of drug-likeness (QED) is 0.464. The average Bonchev–Trinajstić information content (AvgIpc) is 3.47. The van der Waals surface area contributed by atoms with Crippen molar-refractivity contribution in [3.05, 3.63) is 47.5 Å². The Labute approximate surface area is 196 Å².